The summed E-state index contributed by atoms with van der Waals surface area (Å²) in [5, 5.41) is 0. The van der Waals surface area contributed by atoms with Gasteiger partial charge in [-0.25, -0.2) is 22.7 Å². The van der Waals surface area contributed by atoms with Crippen LogP contribution in [0.1, 0.15) is 12.8 Å². The molecular formula is C20H20N4O3S. The van der Waals surface area contributed by atoms with Crippen LogP contribution in [0.15, 0.2) is 59.5 Å². The first-order valence-corrected chi connectivity index (χ1v) is 10.8. The fourth-order valence-corrected chi connectivity index (χ4v) is 5.13. The number of nitrogens with zero attached hydrogens (tertiary/aromatic N) is 4. The van der Waals surface area contributed by atoms with Gasteiger partial charge in [0.25, 0.3) is 10.0 Å². The van der Waals surface area contributed by atoms with Crippen LogP contribution in [0.4, 0.5) is 11.6 Å². The number of hydrogen-bond donors (Lipinski definition) is 0. The molecule has 1 atom stereocenters. The summed E-state index contributed by atoms with van der Waals surface area (Å²) in [6.45, 7) is 1.53. The lowest BCUT2D eigenvalue weighted by atomic mass is 10.2. The fourth-order valence-electron chi connectivity index (χ4n) is 3.74. The Morgan fingerprint density at radius 1 is 0.964 bits per heavy atom. The summed E-state index contributed by atoms with van der Waals surface area (Å²) in [4.78, 5) is 11.6. The van der Waals surface area contributed by atoms with Crippen LogP contribution >= 0.6 is 0 Å². The molecule has 7 nitrogen and oxygen atoms in total. The van der Waals surface area contributed by atoms with E-state index < -0.39 is 10.0 Å². The molecule has 144 valence electrons. The SMILES string of the molecule is O=S(=O)(c1ccccc1)N1CN(C[C@@H]2CCCO2)c2nc3ccccc3nc21. The Bertz CT molecular complexity index is 1110. The molecule has 3 aromatic rings. The third-order valence-electron chi connectivity index (χ3n) is 5.15. The zero-order chi connectivity index (χ0) is 19.1. The van der Waals surface area contributed by atoms with E-state index in [0.29, 0.717) is 23.7 Å². The highest BCUT2D eigenvalue weighted by atomic mass is 32.2. The van der Waals surface area contributed by atoms with Crippen molar-refractivity contribution in [2.75, 3.05) is 29.0 Å². The molecule has 0 N–H and O–H groups in total. The summed E-state index contributed by atoms with van der Waals surface area (Å²) in [5.74, 6) is 0.967. The van der Waals surface area contributed by atoms with Crippen LogP contribution in [-0.2, 0) is 14.8 Å². The molecule has 8 heteroatoms. The van der Waals surface area contributed by atoms with Crippen LogP contribution in [0.3, 0.4) is 0 Å². The highest BCUT2D eigenvalue weighted by Crippen LogP contribution is 2.38. The highest BCUT2D eigenvalue weighted by molar-refractivity contribution is 7.92. The van der Waals surface area contributed by atoms with E-state index in [2.05, 4.69) is 4.98 Å². The summed E-state index contributed by atoms with van der Waals surface area (Å²) in [7, 11) is -3.74. The Morgan fingerprint density at radius 3 is 2.32 bits per heavy atom. The Balaban J connectivity index is 1.61. The number of hydrogen-bond acceptors (Lipinski definition) is 6. The first kappa shape index (κ1) is 17.4. The van der Waals surface area contributed by atoms with E-state index in [1.165, 1.54) is 4.31 Å². The molecule has 1 aromatic heterocycles. The van der Waals surface area contributed by atoms with Crippen molar-refractivity contribution in [3.05, 3.63) is 54.6 Å². The van der Waals surface area contributed by atoms with E-state index in [-0.39, 0.29) is 17.7 Å². The van der Waals surface area contributed by atoms with Crippen LogP contribution in [0, 0.1) is 0 Å². The topological polar surface area (TPSA) is 75.6 Å². The number of ether oxygens (including phenoxy) is 1. The minimum Gasteiger partial charge on any atom is -0.376 e. The largest absolute Gasteiger partial charge is 0.376 e. The van der Waals surface area contributed by atoms with Gasteiger partial charge in [0, 0.05) is 13.2 Å². The van der Waals surface area contributed by atoms with E-state index in [1.807, 2.05) is 29.2 Å². The fraction of sp³-hybridized carbons (Fsp3) is 0.300. The van der Waals surface area contributed by atoms with Gasteiger partial charge in [0.05, 0.1) is 22.0 Å². The lowest BCUT2D eigenvalue weighted by molar-refractivity contribution is 0.116. The number of benzene rings is 2. The molecule has 3 heterocycles. The van der Waals surface area contributed by atoms with Crippen molar-refractivity contribution in [3.63, 3.8) is 0 Å². The molecule has 28 heavy (non-hydrogen) atoms. The minimum atomic E-state index is -3.74. The molecule has 0 unspecified atom stereocenters. The van der Waals surface area contributed by atoms with Crippen LogP contribution < -0.4 is 9.21 Å². The molecule has 0 spiro atoms. The summed E-state index contributed by atoms with van der Waals surface area (Å²) in [5.41, 5.74) is 1.42. The lowest BCUT2D eigenvalue weighted by Crippen LogP contribution is -2.39. The maximum atomic E-state index is 13.3. The van der Waals surface area contributed by atoms with Crippen LogP contribution in [-0.4, -0.2) is 44.3 Å². The van der Waals surface area contributed by atoms with Crippen LogP contribution in [0.5, 0.6) is 0 Å². The molecule has 2 aromatic carbocycles. The van der Waals surface area contributed by atoms with Gasteiger partial charge >= 0.3 is 0 Å². The highest BCUT2D eigenvalue weighted by Gasteiger charge is 2.39. The number of rotatable bonds is 4. The molecule has 1 fully saturated rings. The molecule has 2 aliphatic rings. The number of para-hydroxylation sites is 2. The maximum Gasteiger partial charge on any atom is 0.267 e. The molecule has 0 radical (unpaired) electrons. The van der Waals surface area contributed by atoms with Crippen LogP contribution in [0.25, 0.3) is 11.0 Å². The van der Waals surface area contributed by atoms with Crippen molar-refractivity contribution in [1.29, 1.82) is 0 Å². The Labute approximate surface area is 163 Å². The molecule has 0 amide bonds. The third-order valence-corrected chi connectivity index (χ3v) is 6.89. The summed E-state index contributed by atoms with van der Waals surface area (Å²) in [6.07, 6.45) is 2.08. The summed E-state index contributed by atoms with van der Waals surface area (Å²) in [6, 6.07) is 16.0. The summed E-state index contributed by atoms with van der Waals surface area (Å²) < 4.78 is 33.8. The number of anilines is 2. The number of aromatic nitrogens is 2. The predicted molar refractivity (Wildman–Crippen MR) is 107 cm³/mol. The molecule has 0 bridgehead atoms. The Kier molecular flexibility index (Phi) is 4.17. The predicted octanol–water partition coefficient (Wildman–Crippen LogP) is 2.78. The maximum absolute atomic E-state index is 13.3. The second-order valence-corrected chi connectivity index (χ2v) is 8.89. The van der Waals surface area contributed by atoms with Crippen molar-refractivity contribution in [2.24, 2.45) is 0 Å². The van der Waals surface area contributed by atoms with Crippen molar-refractivity contribution in [2.45, 2.75) is 23.8 Å². The standard InChI is InChI=1S/C20H20N4O3S/c25-28(26,16-8-2-1-3-9-16)24-14-23(13-15-7-6-12-27-15)19-20(24)22-18-11-5-4-10-17(18)21-19/h1-5,8-11,15H,6-7,12-14H2/t15-/m0/s1. The molecule has 1 saturated heterocycles. The molecule has 0 aliphatic carbocycles. The Hall–Kier alpha value is -2.71. The van der Waals surface area contributed by atoms with Gasteiger partial charge in [0.1, 0.15) is 6.67 Å². The molecular weight excluding hydrogens is 376 g/mol. The quantitative estimate of drug-likeness (QED) is 0.675. The van der Waals surface area contributed by atoms with Crippen molar-refractivity contribution < 1.29 is 13.2 Å². The van der Waals surface area contributed by atoms with Gasteiger partial charge in [0.2, 0.25) is 0 Å². The first-order valence-electron chi connectivity index (χ1n) is 9.34. The number of sulfonamides is 1. The monoisotopic (exact) mass is 396 g/mol. The Morgan fingerprint density at radius 2 is 1.64 bits per heavy atom. The van der Waals surface area contributed by atoms with E-state index in [9.17, 15) is 8.42 Å². The van der Waals surface area contributed by atoms with Gasteiger partial charge in [-0.05, 0) is 37.1 Å². The van der Waals surface area contributed by atoms with Gasteiger partial charge in [-0.15, -0.1) is 0 Å². The van der Waals surface area contributed by atoms with Crippen molar-refractivity contribution >= 4 is 32.7 Å². The normalized spacial score (nSPS) is 19.4. The minimum absolute atomic E-state index is 0.0838. The van der Waals surface area contributed by atoms with E-state index >= 15 is 0 Å². The summed E-state index contributed by atoms with van der Waals surface area (Å²) >= 11 is 0. The van der Waals surface area contributed by atoms with Crippen molar-refractivity contribution in [3.8, 4) is 0 Å². The first-order chi connectivity index (χ1) is 13.6. The lowest BCUT2D eigenvalue weighted by Gasteiger charge is -2.22. The van der Waals surface area contributed by atoms with Gasteiger partial charge in [-0.1, -0.05) is 30.3 Å². The number of fused-ring (bicyclic) bond motifs is 2. The second-order valence-electron chi connectivity index (χ2n) is 7.03. The average molecular weight is 396 g/mol. The average Bonchev–Trinajstić information content (AvgIpc) is 3.36. The smallest absolute Gasteiger partial charge is 0.267 e. The van der Waals surface area contributed by atoms with Gasteiger partial charge in [0.15, 0.2) is 11.6 Å². The van der Waals surface area contributed by atoms with Crippen molar-refractivity contribution in [1.82, 2.24) is 9.97 Å². The van der Waals surface area contributed by atoms with Crippen LogP contribution in [0.2, 0.25) is 0 Å². The molecule has 2 aliphatic heterocycles. The zero-order valence-corrected chi connectivity index (χ0v) is 16.0. The third kappa shape index (κ3) is 2.89. The van der Waals surface area contributed by atoms with E-state index in [4.69, 9.17) is 9.72 Å². The molecule has 5 rings (SSSR count). The zero-order valence-electron chi connectivity index (χ0n) is 15.2. The van der Waals surface area contributed by atoms with E-state index in [0.717, 1.165) is 25.0 Å². The second kappa shape index (κ2) is 6.72. The molecule has 0 saturated carbocycles. The van der Waals surface area contributed by atoms with E-state index in [1.54, 1.807) is 30.3 Å². The van der Waals surface area contributed by atoms with Gasteiger partial charge < -0.3 is 9.64 Å². The van der Waals surface area contributed by atoms with Gasteiger partial charge in [-0.2, -0.15) is 0 Å². The van der Waals surface area contributed by atoms with Gasteiger partial charge in [-0.3, -0.25) is 0 Å².